The van der Waals surface area contributed by atoms with Gasteiger partial charge in [-0.15, -0.1) is 0 Å². The molecule has 0 aliphatic rings. The fourth-order valence-corrected chi connectivity index (χ4v) is 2.35. The van der Waals surface area contributed by atoms with Gasteiger partial charge in [-0.3, -0.25) is 4.79 Å². The summed E-state index contributed by atoms with van der Waals surface area (Å²) in [6.45, 7) is 0. The van der Waals surface area contributed by atoms with E-state index in [0.29, 0.717) is 0 Å². The van der Waals surface area contributed by atoms with Gasteiger partial charge in [0.05, 0.1) is 11.4 Å². The number of benzene rings is 2. The maximum Gasteiger partial charge on any atom is 0.383 e. The lowest BCUT2D eigenvalue weighted by Gasteiger charge is -1.98. The van der Waals surface area contributed by atoms with Gasteiger partial charge in [-0.25, -0.2) is 0 Å². The largest absolute Gasteiger partial charge is 0.461 e. The van der Waals surface area contributed by atoms with Crippen molar-refractivity contribution in [3.8, 4) is 11.4 Å². The van der Waals surface area contributed by atoms with E-state index in [4.69, 9.17) is 4.42 Å². The van der Waals surface area contributed by atoms with Gasteiger partial charge >= 0.3 is 5.82 Å². The first-order chi connectivity index (χ1) is 11.8. The minimum Gasteiger partial charge on any atom is -0.461 e. The molecule has 0 N–H and O–H groups in total. The number of ketones is 1. The standard InChI is InChI=1S/C18H13N4O2/c23-17(16-12-7-13-24-16)18-19-21(14-8-3-1-4-9-14)22(20-18)15-10-5-2-6-11-15/h1-13H/q+1. The Hall–Kier alpha value is -3.54. The van der Waals surface area contributed by atoms with E-state index in [0.717, 1.165) is 11.4 Å². The molecule has 6 heteroatoms. The van der Waals surface area contributed by atoms with Crippen molar-refractivity contribution in [1.29, 1.82) is 0 Å². The zero-order valence-electron chi connectivity index (χ0n) is 12.6. The van der Waals surface area contributed by atoms with Crippen molar-refractivity contribution < 1.29 is 14.0 Å². The van der Waals surface area contributed by atoms with Crippen molar-refractivity contribution in [3.63, 3.8) is 0 Å². The van der Waals surface area contributed by atoms with Crippen LogP contribution >= 0.6 is 0 Å². The highest BCUT2D eigenvalue weighted by atomic mass is 16.3. The summed E-state index contributed by atoms with van der Waals surface area (Å²) in [6, 6.07) is 22.3. The molecule has 0 unspecified atom stereocenters. The lowest BCUT2D eigenvalue weighted by atomic mass is 10.3. The van der Waals surface area contributed by atoms with Crippen LogP contribution in [-0.2, 0) is 0 Å². The molecule has 0 atom stereocenters. The Morgan fingerprint density at radius 1 is 0.917 bits per heavy atom. The number of hydrogen-bond donors (Lipinski definition) is 0. The van der Waals surface area contributed by atoms with Crippen LogP contribution < -0.4 is 4.80 Å². The normalized spacial score (nSPS) is 10.7. The molecule has 0 fully saturated rings. The van der Waals surface area contributed by atoms with E-state index in [1.807, 2.05) is 60.7 Å². The van der Waals surface area contributed by atoms with E-state index in [2.05, 4.69) is 10.2 Å². The van der Waals surface area contributed by atoms with Crippen LogP contribution in [0.15, 0.2) is 83.5 Å². The highest BCUT2D eigenvalue weighted by Crippen LogP contribution is 2.09. The Labute approximate surface area is 137 Å². The summed E-state index contributed by atoms with van der Waals surface area (Å²) in [5.74, 6) is -0.0857. The highest BCUT2D eigenvalue weighted by Gasteiger charge is 2.29. The highest BCUT2D eigenvalue weighted by molar-refractivity contribution is 6.04. The van der Waals surface area contributed by atoms with Crippen LogP contribution in [0.1, 0.15) is 16.4 Å². The third-order valence-electron chi connectivity index (χ3n) is 3.48. The first-order valence-electron chi connectivity index (χ1n) is 7.42. The number of nitrogens with zero attached hydrogens (tertiary/aromatic N) is 4. The van der Waals surface area contributed by atoms with Gasteiger partial charge in [0, 0.05) is 4.80 Å². The number of rotatable bonds is 4. The van der Waals surface area contributed by atoms with Crippen LogP contribution in [0.5, 0.6) is 0 Å². The van der Waals surface area contributed by atoms with E-state index in [1.54, 1.807) is 21.7 Å². The smallest absolute Gasteiger partial charge is 0.383 e. The first-order valence-corrected chi connectivity index (χ1v) is 7.42. The summed E-state index contributed by atoms with van der Waals surface area (Å²) >= 11 is 0. The molecule has 0 bridgehead atoms. The second kappa shape index (κ2) is 5.92. The van der Waals surface area contributed by atoms with Crippen LogP contribution in [-0.4, -0.2) is 20.8 Å². The zero-order valence-corrected chi connectivity index (χ0v) is 12.6. The number of para-hydroxylation sites is 2. The molecule has 0 saturated carbocycles. The molecule has 6 nitrogen and oxygen atoms in total. The number of carbonyl (C=O) groups excluding carboxylic acids is 1. The third kappa shape index (κ3) is 2.50. The molecule has 4 rings (SSSR count). The van der Waals surface area contributed by atoms with Gasteiger partial charge in [-0.05, 0) is 46.3 Å². The van der Waals surface area contributed by atoms with Crippen molar-refractivity contribution in [3.05, 3.63) is 90.6 Å². The molecule has 2 aromatic carbocycles. The molecule has 0 aliphatic carbocycles. The molecular weight excluding hydrogens is 304 g/mol. The minimum absolute atomic E-state index is 0.0673. The molecule has 116 valence electrons. The summed E-state index contributed by atoms with van der Waals surface area (Å²) in [4.78, 5) is 15.7. The Bertz CT molecular complexity index is 904. The molecule has 2 aromatic heterocycles. The minimum atomic E-state index is -0.362. The van der Waals surface area contributed by atoms with E-state index < -0.39 is 0 Å². The Balaban J connectivity index is 1.87. The van der Waals surface area contributed by atoms with Crippen molar-refractivity contribution in [2.75, 3.05) is 0 Å². The van der Waals surface area contributed by atoms with E-state index in [1.165, 1.54) is 6.26 Å². The summed E-state index contributed by atoms with van der Waals surface area (Å²) in [5.41, 5.74) is 1.60. The molecule has 0 aliphatic heterocycles. The number of hydrogen-bond acceptors (Lipinski definition) is 4. The summed E-state index contributed by atoms with van der Waals surface area (Å²) < 4.78 is 5.16. The van der Waals surface area contributed by atoms with Crippen LogP contribution in [0.2, 0.25) is 0 Å². The first kappa shape index (κ1) is 14.1. The Morgan fingerprint density at radius 2 is 1.62 bits per heavy atom. The average molecular weight is 317 g/mol. The Kier molecular flexibility index (Phi) is 3.47. The van der Waals surface area contributed by atoms with Gasteiger partial charge in [0.1, 0.15) is 5.69 Å². The fraction of sp³-hybridized carbons (Fsp3) is 0. The quantitative estimate of drug-likeness (QED) is 0.428. The second-order valence-electron chi connectivity index (χ2n) is 5.08. The van der Waals surface area contributed by atoms with Gasteiger partial charge in [-0.2, -0.15) is 0 Å². The molecule has 0 amide bonds. The number of aromatic nitrogens is 4. The van der Waals surface area contributed by atoms with Crippen LogP contribution in [0.4, 0.5) is 0 Å². The van der Waals surface area contributed by atoms with Crippen molar-refractivity contribution in [2.45, 2.75) is 0 Å². The molecule has 24 heavy (non-hydrogen) atoms. The maximum absolute atomic E-state index is 12.5. The van der Waals surface area contributed by atoms with Crippen LogP contribution in [0.25, 0.3) is 11.4 Å². The van der Waals surface area contributed by atoms with Gasteiger partial charge in [-0.1, -0.05) is 36.4 Å². The van der Waals surface area contributed by atoms with Crippen LogP contribution in [0, 0.1) is 0 Å². The van der Waals surface area contributed by atoms with Gasteiger partial charge < -0.3 is 4.42 Å². The van der Waals surface area contributed by atoms with E-state index in [9.17, 15) is 4.79 Å². The monoisotopic (exact) mass is 317 g/mol. The van der Waals surface area contributed by atoms with Crippen molar-refractivity contribution in [2.24, 2.45) is 0 Å². The van der Waals surface area contributed by atoms with Crippen LogP contribution in [0.3, 0.4) is 0 Å². The molecule has 0 saturated heterocycles. The predicted molar refractivity (Wildman–Crippen MR) is 85.0 cm³/mol. The maximum atomic E-state index is 12.5. The number of carbonyl (C=O) groups is 1. The topological polar surface area (TPSA) is 64.8 Å². The Morgan fingerprint density at radius 3 is 2.29 bits per heavy atom. The molecule has 4 aromatic rings. The van der Waals surface area contributed by atoms with Gasteiger partial charge in [0.15, 0.2) is 11.4 Å². The van der Waals surface area contributed by atoms with Gasteiger partial charge in [0.2, 0.25) is 0 Å². The second-order valence-corrected chi connectivity index (χ2v) is 5.08. The van der Waals surface area contributed by atoms with E-state index in [-0.39, 0.29) is 17.4 Å². The lowest BCUT2D eigenvalue weighted by molar-refractivity contribution is -0.735. The molecule has 0 spiro atoms. The number of tetrazole rings is 1. The number of furan rings is 1. The SMILES string of the molecule is O=C(c1nn(-c2ccccc2)[n+](-c2ccccc2)n1)c1ccco1. The zero-order chi connectivity index (χ0) is 16.4. The van der Waals surface area contributed by atoms with Crippen molar-refractivity contribution >= 4 is 5.78 Å². The fourth-order valence-electron chi connectivity index (χ4n) is 2.35. The lowest BCUT2D eigenvalue weighted by Crippen LogP contribution is -2.43. The van der Waals surface area contributed by atoms with Crippen molar-refractivity contribution in [1.82, 2.24) is 15.0 Å². The summed E-state index contributed by atoms with van der Waals surface area (Å²) in [6.07, 6.45) is 1.45. The summed E-state index contributed by atoms with van der Waals surface area (Å²) in [5, 5.41) is 8.74. The molecule has 2 heterocycles. The molecular formula is C18H13N4O2+. The molecule has 0 radical (unpaired) electrons. The van der Waals surface area contributed by atoms with Gasteiger partial charge in [0.25, 0.3) is 5.78 Å². The summed E-state index contributed by atoms with van der Waals surface area (Å²) in [7, 11) is 0. The van der Waals surface area contributed by atoms with E-state index >= 15 is 0 Å². The average Bonchev–Trinajstić information content (AvgIpc) is 3.33. The third-order valence-corrected chi connectivity index (χ3v) is 3.48. The predicted octanol–water partition coefficient (Wildman–Crippen LogP) is 2.37.